The van der Waals surface area contributed by atoms with Crippen LogP contribution in [-0.4, -0.2) is 23.6 Å². The number of aromatic nitrogens is 1. The Labute approximate surface area is 122 Å². The lowest BCUT2D eigenvalue weighted by Gasteiger charge is -2.26. The first-order valence-electron chi connectivity index (χ1n) is 6.84. The summed E-state index contributed by atoms with van der Waals surface area (Å²) in [5.74, 6) is 1.10. The zero-order chi connectivity index (χ0) is 14.7. The molecule has 1 aromatic heterocycles. The lowest BCUT2D eigenvalue weighted by atomic mass is 10.1. The fraction of sp³-hybridized carbons (Fsp3) is 0.250. The van der Waals surface area contributed by atoms with Crippen molar-refractivity contribution in [3.63, 3.8) is 0 Å². The molecule has 1 amide bonds. The Bertz CT molecular complexity index is 657. The summed E-state index contributed by atoms with van der Waals surface area (Å²) in [6, 6.07) is 9.41. The van der Waals surface area contributed by atoms with E-state index >= 15 is 0 Å². The van der Waals surface area contributed by atoms with Gasteiger partial charge in [-0.15, -0.1) is 0 Å². The van der Waals surface area contributed by atoms with Gasteiger partial charge >= 0.3 is 0 Å². The summed E-state index contributed by atoms with van der Waals surface area (Å²) in [5, 5.41) is 0. The highest BCUT2D eigenvalue weighted by molar-refractivity contribution is 5.92. The number of primary amides is 1. The number of carbonyl (C=O) groups excluding carboxylic acids is 1. The Morgan fingerprint density at radius 2 is 2.10 bits per heavy atom. The van der Waals surface area contributed by atoms with Crippen LogP contribution >= 0.6 is 0 Å². The van der Waals surface area contributed by atoms with Crippen molar-refractivity contribution in [2.24, 2.45) is 5.73 Å². The second-order valence-electron chi connectivity index (χ2n) is 4.98. The zero-order valence-corrected chi connectivity index (χ0v) is 11.5. The predicted molar refractivity (Wildman–Crippen MR) is 77.4 cm³/mol. The van der Waals surface area contributed by atoms with Crippen LogP contribution in [0.5, 0.6) is 11.5 Å². The van der Waals surface area contributed by atoms with Crippen LogP contribution in [0.3, 0.4) is 0 Å². The van der Waals surface area contributed by atoms with Crippen LogP contribution in [0, 0.1) is 0 Å². The minimum Gasteiger partial charge on any atom is -0.486 e. The first-order valence-corrected chi connectivity index (χ1v) is 6.84. The molecule has 1 aliphatic rings. The molecule has 1 unspecified atom stereocenters. The number of fused-ring (bicyclic) bond motifs is 1. The SMILES string of the molecule is NC(=O)c1cncc(CCC2COc3ccccc3O2)c1. The molecule has 0 bridgehead atoms. The number of carbonyl (C=O) groups is 1. The first-order chi connectivity index (χ1) is 10.2. The molecular formula is C16H16N2O3. The van der Waals surface area contributed by atoms with Gasteiger partial charge in [0.2, 0.25) is 5.91 Å². The lowest BCUT2D eigenvalue weighted by molar-refractivity contribution is 0.0851. The van der Waals surface area contributed by atoms with Gasteiger partial charge in [0, 0.05) is 12.4 Å². The molecule has 2 aromatic rings. The summed E-state index contributed by atoms with van der Waals surface area (Å²) >= 11 is 0. The molecule has 3 rings (SSSR count). The fourth-order valence-corrected chi connectivity index (χ4v) is 2.29. The Balaban J connectivity index is 1.61. The standard InChI is InChI=1S/C16H16N2O3/c17-16(19)12-7-11(8-18-9-12)5-6-13-10-20-14-3-1-2-4-15(14)21-13/h1-4,7-9,13H,5-6,10H2,(H2,17,19). The van der Waals surface area contributed by atoms with Gasteiger partial charge in [-0.2, -0.15) is 0 Å². The van der Waals surface area contributed by atoms with Crippen LogP contribution in [0.4, 0.5) is 0 Å². The van der Waals surface area contributed by atoms with Crippen molar-refractivity contribution in [3.05, 3.63) is 53.9 Å². The summed E-state index contributed by atoms with van der Waals surface area (Å²) in [6.07, 6.45) is 4.76. The van der Waals surface area contributed by atoms with E-state index < -0.39 is 5.91 Å². The number of para-hydroxylation sites is 2. The number of ether oxygens (including phenoxy) is 2. The molecule has 1 aliphatic heterocycles. The molecule has 0 radical (unpaired) electrons. The highest BCUT2D eigenvalue weighted by Gasteiger charge is 2.20. The Hall–Kier alpha value is -2.56. The van der Waals surface area contributed by atoms with Gasteiger partial charge in [-0.25, -0.2) is 0 Å². The molecular weight excluding hydrogens is 268 g/mol. The van der Waals surface area contributed by atoms with Gasteiger partial charge in [0.05, 0.1) is 5.56 Å². The van der Waals surface area contributed by atoms with E-state index in [9.17, 15) is 4.79 Å². The number of hydrogen-bond acceptors (Lipinski definition) is 4. The third kappa shape index (κ3) is 3.13. The molecule has 0 fully saturated rings. The van der Waals surface area contributed by atoms with E-state index in [0.29, 0.717) is 12.2 Å². The second kappa shape index (κ2) is 5.83. The number of aryl methyl sites for hydroxylation is 1. The maximum atomic E-state index is 11.1. The Morgan fingerprint density at radius 3 is 2.90 bits per heavy atom. The highest BCUT2D eigenvalue weighted by atomic mass is 16.6. The number of benzene rings is 1. The Morgan fingerprint density at radius 1 is 1.29 bits per heavy atom. The number of hydrogen-bond donors (Lipinski definition) is 1. The lowest BCUT2D eigenvalue weighted by Crippen LogP contribution is -2.29. The largest absolute Gasteiger partial charge is 0.486 e. The molecule has 0 spiro atoms. The quantitative estimate of drug-likeness (QED) is 0.931. The molecule has 2 N–H and O–H groups in total. The van der Waals surface area contributed by atoms with Crippen molar-refractivity contribution < 1.29 is 14.3 Å². The summed E-state index contributed by atoms with van der Waals surface area (Å²) in [6.45, 7) is 0.528. The normalized spacial score (nSPS) is 16.5. The third-order valence-electron chi connectivity index (χ3n) is 3.40. The van der Waals surface area contributed by atoms with Gasteiger partial charge in [-0.3, -0.25) is 9.78 Å². The highest BCUT2D eigenvalue weighted by Crippen LogP contribution is 2.31. The van der Waals surface area contributed by atoms with E-state index in [1.54, 1.807) is 12.3 Å². The molecule has 108 valence electrons. The van der Waals surface area contributed by atoms with Gasteiger partial charge in [0.25, 0.3) is 0 Å². The van der Waals surface area contributed by atoms with Gasteiger partial charge in [-0.05, 0) is 36.6 Å². The van der Waals surface area contributed by atoms with E-state index in [1.807, 2.05) is 24.3 Å². The molecule has 1 aromatic carbocycles. The maximum Gasteiger partial charge on any atom is 0.250 e. The van der Waals surface area contributed by atoms with Crippen molar-refractivity contribution >= 4 is 5.91 Å². The minimum atomic E-state index is -0.462. The van der Waals surface area contributed by atoms with E-state index in [2.05, 4.69) is 4.98 Å². The fourth-order valence-electron chi connectivity index (χ4n) is 2.29. The van der Waals surface area contributed by atoms with Gasteiger partial charge < -0.3 is 15.2 Å². The van der Waals surface area contributed by atoms with E-state index in [4.69, 9.17) is 15.2 Å². The van der Waals surface area contributed by atoms with E-state index in [-0.39, 0.29) is 6.10 Å². The van der Waals surface area contributed by atoms with Crippen molar-refractivity contribution in [1.29, 1.82) is 0 Å². The average Bonchev–Trinajstić information content (AvgIpc) is 2.53. The van der Waals surface area contributed by atoms with Gasteiger partial charge in [0.1, 0.15) is 12.7 Å². The van der Waals surface area contributed by atoms with Crippen molar-refractivity contribution in [2.45, 2.75) is 18.9 Å². The number of rotatable bonds is 4. The molecule has 21 heavy (non-hydrogen) atoms. The van der Waals surface area contributed by atoms with Gasteiger partial charge in [-0.1, -0.05) is 12.1 Å². The summed E-state index contributed by atoms with van der Waals surface area (Å²) in [5.41, 5.74) is 6.65. The van der Waals surface area contributed by atoms with Crippen molar-refractivity contribution in [2.75, 3.05) is 6.61 Å². The summed E-state index contributed by atoms with van der Waals surface area (Å²) < 4.78 is 11.6. The third-order valence-corrected chi connectivity index (χ3v) is 3.40. The van der Waals surface area contributed by atoms with Gasteiger partial charge in [0.15, 0.2) is 11.5 Å². The Kier molecular flexibility index (Phi) is 3.73. The number of nitrogens with zero attached hydrogens (tertiary/aromatic N) is 1. The molecule has 5 heteroatoms. The van der Waals surface area contributed by atoms with E-state index in [0.717, 1.165) is 29.9 Å². The van der Waals surface area contributed by atoms with Crippen LogP contribution in [-0.2, 0) is 6.42 Å². The number of nitrogens with two attached hydrogens (primary N) is 1. The monoisotopic (exact) mass is 284 g/mol. The summed E-state index contributed by atoms with van der Waals surface area (Å²) in [7, 11) is 0. The molecule has 1 atom stereocenters. The predicted octanol–water partition coefficient (Wildman–Crippen LogP) is 1.95. The zero-order valence-electron chi connectivity index (χ0n) is 11.5. The van der Waals surface area contributed by atoms with E-state index in [1.165, 1.54) is 6.20 Å². The topological polar surface area (TPSA) is 74.4 Å². The first kappa shape index (κ1) is 13.4. The summed E-state index contributed by atoms with van der Waals surface area (Å²) in [4.78, 5) is 15.2. The van der Waals surface area contributed by atoms with Crippen LogP contribution in [0.1, 0.15) is 22.3 Å². The molecule has 0 aliphatic carbocycles. The second-order valence-corrected chi connectivity index (χ2v) is 4.98. The van der Waals surface area contributed by atoms with Crippen LogP contribution < -0.4 is 15.2 Å². The molecule has 2 heterocycles. The van der Waals surface area contributed by atoms with Crippen molar-refractivity contribution in [3.8, 4) is 11.5 Å². The maximum absolute atomic E-state index is 11.1. The number of amides is 1. The van der Waals surface area contributed by atoms with Crippen molar-refractivity contribution in [1.82, 2.24) is 4.98 Å². The molecule has 0 saturated heterocycles. The number of pyridine rings is 1. The smallest absolute Gasteiger partial charge is 0.250 e. The van der Waals surface area contributed by atoms with Crippen LogP contribution in [0.2, 0.25) is 0 Å². The van der Waals surface area contributed by atoms with Crippen LogP contribution in [0.25, 0.3) is 0 Å². The average molecular weight is 284 g/mol. The minimum absolute atomic E-state index is 0.00265. The van der Waals surface area contributed by atoms with Crippen LogP contribution in [0.15, 0.2) is 42.7 Å². The molecule has 5 nitrogen and oxygen atoms in total. The molecule has 0 saturated carbocycles.